The summed E-state index contributed by atoms with van der Waals surface area (Å²) in [6.07, 6.45) is 3.02. The fourth-order valence-electron chi connectivity index (χ4n) is 1.59. The van der Waals surface area contributed by atoms with Crippen LogP contribution in [-0.2, 0) is 9.47 Å². The molecule has 0 atom stereocenters. The highest BCUT2D eigenvalue weighted by Crippen LogP contribution is 2.22. The molecule has 0 rings (SSSR count). The van der Waals surface area contributed by atoms with E-state index in [1.54, 1.807) is 7.11 Å². The predicted octanol–water partition coefficient (Wildman–Crippen LogP) is 1.18. The summed E-state index contributed by atoms with van der Waals surface area (Å²) in [5.74, 6) is 0.298. The molecular formula is C13H29N3O3. The van der Waals surface area contributed by atoms with Gasteiger partial charge in [-0.2, -0.15) is 0 Å². The topological polar surface area (TPSA) is 89.1 Å². The highest BCUT2D eigenvalue weighted by atomic mass is 16.5. The minimum atomic E-state index is -0.238. The molecular weight excluding hydrogens is 246 g/mol. The summed E-state index contributed by atoms with van der Waals surface area (Å²) >= 11 is 0. The minimum absolute atomic E-state index is 0.238. The number of nitrogens with two attached hydrogens (primary N) is 1. The van der Waals surface area contributed by atoms with Crippen molar-refractivity contribution >= 4 is 5.84 Å². The van der Waals surface area contributed by atoms with Crippen molar-refractivity contribution in [2.75, 3.05) is 40.0 Å². The molecule has 0 bridgehead atoms. The second kappa shape index (κ2) is 11.0. The molecule has 0 aliphatic rings. The molecule has 0 aliphatic heterocycles. The normalized spacial score (nSPS) is 12.9. The number of nitrogens with zero attached hydrogens (tertiary/aromatic N) is 1. The van der Waals surface area contributed by atoms with Crippen LogP contribution in [0.3, 0.4) is 0 Å². The summed E-state index contributed by atoms with van der Waals surface area (Å²) in [7, 11) is 1.66. The molecule has 114 valence electrons. The fraction of sp³-hybridized carbons (Fsp3) is 0.923. The SMILES string of the molecule is COCCOCCNCCCCC(C)(C)C(N)=NO. The zero-order valence-corrected chi connectivity index (χ0v) is 12.4. The van der Waals surface area contributed by atoms with Crippen molar-refractivity contribution < 1.29 is 14.7 Å². The van der Waals surface area contributed by atoms with E-state index in [0.717, 1.165) is 32.4 Å². The van der Waals surface area contributed by atoms with Crippen molar-refractivity contribution in [2.45, 2.75) is 33.1 Å². The zero-order valence-electron chi connectivity index (χ0n) is 12.4. The number of rotatable bonds is 12. The van der Waals surface area contributed by atoms with Gasteiger partial charge in [0, 0.05) is 19.1 Å². The van der Waals surface area contributed by atoms with Crippen molar-refractivity contribution in [3.8, 4) is 0 Å². The Hall–Kier alpha value is -0.850. The van der Waals surface area contributed by atoms with E-state index in [-0.39, 0.29) is 5.41 Å². The molecule has 6 heteroatoms. The van der Waals surface area contributed by atoms with Gasteiger partial charge in [-0.1, -0.05) is 25.4 Å². The maximum Gasteiger partial charge on any atom is 0.144 e. The largest absolute Gasteiger partial charge is 0.409 e. The summed E-state index contributed by atoms with van der Waals surface area (Å²) in [6.45, 7) is 7.78. The van der Waals surface area contributed by atoms with E-state index < -0.39 is 0 Å². The van der Waals surface area contributed by atoms with Gasteiger partial charge in [0.1, 0.15) is 5.84 Å². The van der Waals surface area contributed by atoms with Crippen molar-refractivity contribution in [3.63, 3.8) is 0 Å². The maximum absolute atomic E-state index is 8.66. The highest BCUT2D eigenvalue weighted by Gasteiger charge is 2.22. The molecule has 0 aromatic heterocycles. The lowest BCUT2D eigenvalue weighted by Gasteiger charge is -2.22. The molecule has 0 aromatic rings. The van der Waals surface area contributed by atoms with Crippen LogP contribution in [0.15, 0.2) is 5.16 Å². The molecule has 0 saturated carbocycles. The Morgan fingerprint density at radius 3 is 2.58 bits per heavy atom. The first-order valence-electron chi connectivity index (χ1n) is 6.80. The summed E-state index contributed by atoms with van der Waals surface area (Å²) in [5, 5.41) is 15.1. The number of amidine groups is 1. The average Bonchev–Trinajstić information content (AvgIpc) is 2.39. The van der Waals surface area contributed by atoms with Crippen LogP contribution >= 0.6 is 0 Å². The van der Waals surface area contributed by atoms with E-state index in [2.05, 4.69) is 10.5 Å². The minimum Gasteiger partial charge on any atom is -0.409 e. The lowest BCUT2D eigenvalue weighted by Crippen LogP contribution is -2.32. The number of nitrogens with one attached hydrogen (secondary N) is 1. The van der Waals surface area contributed by atoms with E-state index >= 15 is 0 Å². The fourth-order valence-corrected chi connectivity index (χ4v) is 1.59. The average molecular weight is 275 g/mol. The summed E-state index contributed by atoms with van der Waals surface area (Å²) in [6, 6.07) is 0. The smallest absolute Gasteiger partial charge is 0.144 e. The molecule has 19 heavy (non-hydrogen) atoms. The van der Waals surface area contributed by atoms with Gasteiger partial charge >= 0.3 is 0 Å². The standard InChI is InChI=1S/C13H29N3O3/c1-13(2,12(14)16-17)6-4-5-7-15-8-9-19-11-10-18-3/h15,17H,4-11H2,1-3H3,(H2,14,16). The second-order valence-corrected chi connectivity index (χ2v) is 5.18. The third-order valence-corrected chi connectivity index (χ3v) is 3.06. The third-order valence-electron chi connectivity index (χ3n) is 3.06. The van der Waals surface area contributed by atoms with Crippen molar-refractivity contribution in [3.05, 3.63) is 0 Å². The molecule has 0 spiro atoms. The van der Waals surface area contributed by atoms with Gasteiger partial charge in [-0.25, -0.2) is 0 Å². The number of methoxy groups -OCH3 is 1. The monoisotopic (exact) mass is 275 g/mol. The van der Waals surface area contributed by atoms with E-state index in [1.807, 2.05) is 13.8 Å². The molecule has 0 fully saturated rings. The van der Waals surface area contributed by atoms with Crippen molar-refractivity contribution in [1.82, 2.24) is 5.32 Å². The zero-order chi connectivity index (χ0) is 14.6. The van der Waals surface area contributed by atoms with Crippen LogP contribution in [0.4, 0.5) is 0 Å². The van der Waals surface area contributed by atoms with Gasteiger partial charge in [0.05, 0.1) is 19.8 Å². The Morgan fingerprint density at radius 2 is 1.95 bits per heavy atom. The maximum atomic E-state index is 8.66. The van der Waals surface area contributed by atoms with Crippen LogP contribution < -0.4 is 11.1 Å². The Kier molecular flexibility index (Phi) is 10.5. The Morgan fingerprint density at radius 1 is 1.21 bits per heavy atom. The predicted molar refractivity (Wildman–Crippen MR) is 76.6 cm³/mol. The van der Waals surface area contributed by atoms with Crippen molar-refractivity contribution in [1.29, 1.82) is 0 Å². The molecule has 0 unspecified atom stereocenters. The molecule has 4 N–H and O–H groups in total. The molecule has 0 aliphatic carbocycles. The van der Waals surface area contributed by atoms with Crippen LogP contribution in [0.1, 0.15) is 33.1 Å². The lowest BCUT2D eigenvalue weighted by atomic mass is 9.86. The van der Waals surface area contributed by atoms with Gasteiger partial charge in [-0.05, 0) is 19.4 Å². The summed E-state index contributed by atoms with van der Waals surface area (Å²) in [4.78, 5) is 0. The summed E-state index contributed by atoms with van der Waals surface area (Å²) < 4.78 is 10.2. The number of ether oxygens (including phenoxy) is 2. The van der Waals surface area contributed by atoms with E-state index in [9.17, 15) is 0 Å². The number of hydrogen-bond acceptors (Lipinski definition) is 5. The second-order valence-electron chi connectivity index (χ2n) is 5.18. The Bertz CT molecular complexity index is 245. The Balaban J connectivity index is 3.36. The number of hydrogen-bond donors (Lipinski definition) is 3. The van der Waals surface area contributed by atoms with Gasteiger partial charge in [0.25, 0.3) is 0 Å². The van der Waals surface area contributed by atoms with Gasteiger partial charge in [0.15, 0.2) is 0 Å². The summed E-state index contributed by atoms with van der Waals surface area (Å²) in [5.41, 5.74) is 5.39. The van der Waals surface area contributed by atoms with E-state index in [0.29, 0.717) is 25.7 Å². The van der Waals surface area contributed by atoms with Gasteiger partial charge in [0.2, 0.25) is 0 Å². The molecule has 0 radical (unpaired) electrons. The molecule has 0 saturated heterocycles. The van der Waals surface area contributed by atoms with Crippen LogP contribution in [0.2, 0.25) is 0 Å². The lowest BCUT2D eigenvalue weighted by molar-refractivity contribution is 0.0720. The number of unbranched alkanes of at least 4 members (excludes halogenated alkanes) is 1. The quantitative estimate of drug-likeness (QED) is 0.164. The number of oxime groups is 1. The van der Waals surface area contributed by atoms with E-state index in [1.165, 1.54) is 0 Å². The Labute approximate surface area is 116 Å². The van der Waals surface area contributed by atoms with E-state index in [4.69, 9.17) is 20.4 Å². The van der Waals surface area contributed by atoms with Gasteiger partial charge < -0.3 is 25.7 Å². The van der Waals surface area contributed by atoms with Crippen LogP contribution in [-0.4, -0.2) is 51.1 Å². The molecule has 6 nitrogen and oxygen atoms in total. The highest BCUT2D eigenvalue weighted by molar-refractivity contribution is 5.85. The molecule has 0 heterocycles. The first-order chi connectivity index (χ1) is 9.04. The van der Waals surface area contributed by atoms with Crippen LogP contribution in [0, 0.1) is 5.41 Å². The van der Waals surface area contributed by atoms with Gasteiger partial charge in [-0.15, -0.1) is 0 Å². The molecule has 0 aromatic carbocycles. The first-order valence-corrected chi connectivity index (χ1v) is 6.80. The third kappa shape index (κ3) is 9.69. The van der Waals surface area contributed by atoms with Crippen LogP contribution in [0.25, 0.3) is 0 Å². The first kappa shape index (κ1) is 18.1. The van der Waals surface area contributed by atoms with Crippen LogP contribution in [0.5, 0.6) is 0 Å². The van der Waals surface area contributed by atoms with Gasteiger partial charge in [-0.3, -0.25) is 0 Å². The molecule has 0 amide bonds. The van der Waals surface area contributed by atoms with Crippen molar-refractivity contribution in [2.24, 2.45) is 16.3 Å².